The van der Waals surface area contributed by atoms with Crippen LogP contribution in [0.2, 0.25) is 0 Å². The van der Waals surface area contributed by atoms with E-state index in [-0.39, 0.29) is 24.6 Å². The smallest absolute Gasteiger partial charge is 0.313 e. The number of carbonyl (C=O) groups excluding carboxylic acids is 2. The lowest BCUT2D eigenvalue weighted by Crippen LogP contribution is -2.13. The van der Waals surface area contributed by atoms with Crippen molar-refractivity contribution < 1.29 is 14.3 Å². The summed E-state index contributed by atoms with van der Waals surface area (Å²) in [6.07, 6.45) is 3.89. The van der Waals surface area contributed by atoms with E-state index in [1.807, 2.05) is 6.07 Å². The molecule has 0 aromatic carbocycles. The molecule has 0 amide bonds. The largest absolute Gasteiger partial charge is 0.466 e. The monoisotopic (exact) mass is 318 g/mol. The normalized spacial score (nSPS) is 13.1. The average molecular weight is 318 g/mol. The molecule has 0 aliphatic heterocycles. The molecule has 22 heavy (non-hydrogen) atoms. The van der Waals surface area contributed by atoms with Gasteiger partial charge in [0.15, 0.2) is 5.78 Å². The van der Waals surface area contributed by atoms with Crippen LogP contribution in [-0.4, -0.2) is 29.1 Å². The number of esters is 1. The van der Waals surface area contributed by atoms with E-state index in [9.17, 15) is 14.9 Å². The maximum absolute atomic E-state index is 11.8. The Balaban J connectivity index is 2.02. The van der Waals surface area contributed by atoms with Crippen LogP contribution >= 0.6 is 11.8 Å². The number of aromatic nitrogens is 1. The Morgan fingerprint density at radius 3 is 2.91 bits per heavy atom. The van der Waals surface area contributed by atoms with Crippen LogP contribution in [0.1, 0.15) is 43.0 Å². The summed E-state index contributed by atoms with van der Waals surface area (Å²) in [6.45, 7) is 1.97. The first kappa shape index (κ1) is 16.5. The number of carbonyl (C=O) groups is 2. The minimum atomic E-state index is -0.507. The van der Waals surface area contributed by atoms with Crippen molar-refractivity contribution in [3.05, 3.63) is 22.9 Å². The third-order valence-electron chi connectivity index (χ3n) is 3.40. The van der Waals surface area contributed by atoms with Gasteiger partial charge in [0.05, 0.1) is 17.9 Å². The third-order valence-corrected chi connectivity index (χ3v) is 4.45. The number of ketones is 1. The Hall–Kier alpha value is -1.87. The fourth-order valence-electron chi connectivity index (χ4n) is 2.38. The standard InChI is InChI=1S/C16H18N2O3S/c1-2-21-15(20)8-13(19)10-22-16-12(9-17)7-11-5-3-4-6-14(11)18-16/h7H,2-6,8,10H2,1H3. The third kappa shape index (κ3) is 4.31. The zero-order valence-corrected chi connectivity index (χ0v) is 13.4. The Kier molecular flexibility index (Phi) is 5.96. The molecule has 0 fully saturated rings. The highest BCUT2D eigenvalue weighted by Crippen LogP contribution is 2.27. The van der Waals surface area contributed by atoms with Crippen LogP contribution in [0.25, 0.3) is 0 Å². The number of nitriles is 1. The van der Waals surface area contributed by atoms with Crippen molar-refractivity contribution in [2.45, 2.75) is 44.1 Å². The lowest BCUT2D eigenvalue weighted by atomic mass is 9.95. The molecule has 2 rings (SSSR count). The van der Waals surface area contributed by atoms with Crippen molar-refractivity contribution in [1.82, 2.24) is 4.98 Å². The van der Waals surface area contributed by atoms with Gasteiger partial charge < -0.3 is 4.74 Å². The minimum Gasteiger partial charge on any atom is -0.466 e. The Bertz CT molecular complexity index is 623. The molecule has 1 aliphatic carbocycles. The molecule has 116 valence electrons. The highest BCUT2D eigenvalue weighted by Gasteiger charge is 2.17. The molecule has 1 aromatic rings. The first-order valence-electron chi connectivity index (χ1n) is 7.37. The lowest BCUT2D eigenvalue weighted by molar-refractivity contribution is -0.145. The predicted octanol–water partition coefficient (Wildman–Crippen LogP) is 2.45. The Morgan fingerprint density at radius 1 is 1.41 bits per heavy atom. The molecule has 0 radical (unpaired) electrons. The zero-order valence-electron chi connectivity index (χ0n) is 12.6. The number of fused-ring (bicyclic) bond motifs is 1. The molecule has 0 saturated carbocycles. The van der Waals surface area contributed by atoms with E-state index in [4.69, 9.17) is 4.74 Å². The number of rotatable bonds is 6. The van der Waals surface area contributed by atoms with Gasteiger partial charge in [-0.05, 0) is 44.2 Å². The molecule has 1 aromatic heterocycles. The summed E-state index contributed by atoms with van der Waals surface area (Å²) in [5.41, 5.74) is 2.69. The van der Waals surface area contributed by atoms with Crippen LogP contribution in [0.5, 0.6) is 0 Å². The highest BCUT2D eigenvalue weighted by atomic mass is 32.2. The first-order chi connectivity index (χ1) is 10.6. The van der Waals surface area contributed by atoms with Gasteiger partial charge in [0.2, 0.25) is 0 Å². The topological polar surface area (TPSA) is 80.1 Å². The van der Waals surface area contributed by atoms with Gasteiger partial charge in [-0.2, -0.15) is 5.26 Å². The van der Waals surface area contributed by atoms with E-state index in [0.717, 1.165) is 36.9 Å². The number of pyridine rings is 1. The summed E-state index contributed by atoms with van der Waals surface area (Å²) in [4.78, 5) is 27.6. The molecular weight excluding hydrogens is 300 g/mol. The summed E-state index contributed by atoms with van der Waals surface area (Å²) in [5, 5.41) is 9.82. The lowest BCUT2D eigenvalue weighted by Gasteiger charge is -2.16. The number of nitrogens with zero attached hydrogens (tertiary/aromatic N) is 2. The second-order valence-corrected chi connectivity index (χ2v) is 6.04. The summed E-state index contributed by atoms with van der Waals surface area (Å²) in [7, 11) is 0. The van der Waals surface area contributed by atoms with E-state index in [1.165, 1.54) is 11.8 Å². The average Bonchev–Trinajstić information content (AvgIpc) is 2.52. The van der Waals surface area contributed by atoms with Gasteiger partial charge in [-0.1, -0.05) is 11.8 Å². The molecule has 1 aliphatic rings. The van der Waals surface area contributed by atoms with Crippen molar-refractivity contribution in [3.63, 3.8) is 0 Å². The molecule has 0 N–H and O–H groups in total. The van der Waals surface area contributed by atoms with Crippen molar-refractivity contribution in [2.24, 2.45) is 0 Å². The second-order valence-electron chi connectivity index (χ2n) is 5.07. The van der Waals surface area contributed by atoms with Gasteiger partial charge in [0, 0.05) is 5.69 Å². The van der Waals surface area contributed by atoms with E-state index < -0.39 is 5.97 Å². The quantitative estimate of drug-likeness (QED) is 0.455. The van der Waals surface area contributed by atoms with E-state index in [1.54, 1.807) is 6.92 Å². The SMILES string of the molecule is CCOC(=O)CC(=O)CSc1nc2c(cc1C#N)CCCC2. The van der Waals surface area contributed by atoms with E-state index >= 15 is 0 Å². The molecule has 0 atom stereocenters. The van der Waals surface area contributed by atoms with Gasteiger partial charge in [-0.15, -0.1) is 0 Å². The van der Waals surface area contributed by atoms with Gasteiger partial charge >= 0.3 is 5.97 Å². The van der Waals surface area contributed by atoms with Gasteiger partial charge in [0.1, 0.15) is 17.5 Å². The summed E-state index contributed by atoms with van der Waals surface area (Å²) in [5.74, 6) is -0.599. The summed E-state index contributed by atoms with van der Waals surface area (Å²) in [6, 6.07) is 4.03. The fraction of sp³-hybridized carbons (Fsp3) is 0.500. The number of thioether (sulfide) groups is 1. The van der Waals surface area contributed by atoms with Crippen LogP contribution in [-0.2, 0) is 27.2 Å². The van der Waals surface area contributed by atoms with Crippen molar-refractivity contribution in [3.8, 4) is 6.07 Å². The van der Waals surface area contributed by atoms with Crippen LogP contribution in [0.15, 0.2) is 11.1 Å². The molecule has 6 heteroatoms. The number of aryl methyl sites for hydroxylation is 2. The van der Waals surface area contributed by atoms with Crippen LogP contribution < -0.4 is 0 Å². The maximum Gasteiger partial charge on any atom is 0.313 e. The molecule has 5 nitrogen and oxygen atoms in total. The van der Waals surface area contributed by atoms with Crippen LogP contribution in [0.4, 0.5) is 0 Å². The molecular formula is C16H18N2O3S. The van der Waals surface area contributed by atoms with Crippen molar-refractivity contribution >= 4 is 23.5 Å². The molecule has 0 spiro atoms. The molecule has 1 heterocycles. The van der Waals surface area contributed by atoms with Crippen molar-refractivity contribution in [2.75, 3.05) is 12.4 Å². The molecule has 0 bridgehead atoms. The van der Waals surface area contributed by atoms with Crippen LogP contribution in [0, 0.1) is 11.3 Å². The van der Waals surface area contributed by atoms with E-state index in [0.29, 0.717) is 10.6 Å². The second kappa shape index (κ2) is 7.95. The predicted molar refractivity (Wildman–Crippen MR) is 82.6 cm³/mol. The van der Waals surface area contributed by atoms with Gasteiger partial charge in [0.25, 0.3) is 0 Å². The van der Waals surface area contributed by atoms with Gasteiger partial charge in [-0.3, -0.25) is 9.59 Å². The molecule has 0 unspecified atom stereocenters. The number of Topliss-reactive ketones (excluding diaryl/α,β-unsaturated/α-hetero) is 1. The van der Waals surface area contributed by atoms with Gasteiger partial charge in [-0.25, -0.2) is 4.98 Å². The number of hydrogen-bond donors (Lipinski definition) is 0. The Labute approximate surface area is 134 Å². The zero-order chi connectivity index (χ0) is 15.9. The maximum atomic E-state index is 11.8. The number of hydrogen-bond acceptors (Lipinski definition) is 6. The van der Waals surface area contributed by atoms with Crippen molar-refractivity contribution in [1.29, 1.82) is 5.26 Å². The van der Waals surface area contributed by atoms with E-state index in [2.05, 4.69) is 11.1 Å². The minimum absolute atomic E-state index is 0.124. The summed E-state index contributed by atoms with van der Waals surface area (Å²) >= 11 is 1.22. The summed E-state index contributed by atoms with van der Waals surface area (Å²) < 4.78 is 4.75. The Morgan fingerprint density at radius 2 is 2.18 bits per heavy atom. The molecule has 0 saturated heterocycles. The highest BCUT2D eigenvalue weighted by molar-refractivity contribution is 8.00. The fourth-order valence-corrected chi connectivity index (χ4v) is 3.21. The van der Waals surface area contributed by atoms with Crippen LogP contribution in [0.3, 0.4) is 0 Å². The number of ether oxygens (including phenoxy) is 1. The first-order valence-corrected chi connectivity index (χ1v) is 8.35.